The summed E-state index contributed by atoms with van der Waals surface area (Å²) >= 11 is 0. The molecule has 0 aromatic rings. The lowest BCUT2D eigenvalue weighted by Gasteiger charge is -2.39. The molecule has 0 radical (unpaired) electrons. The molecule has 2 nitrogen and oxygen atoms in total. The van der Waals surface area contributed by atoms with Gasteiger partial charge in [0.05, 0.1) is 0 Å². The number of rotatable bonds is 4. The van der Waals surface area contributed by atoms with Gasteiger partial charge in [0.15, 0.2) is 0 Å². The molecule has 2 N–H and O–H groups in total. The fraction of sp³-hybridized carbons (Fsp3) is 1.00. The van der Waals surface area contributed by atoms with Crippen molar-refractivity contribution in [2.75, 3.05) is 19.6 Å². The largest absolute Gasteiger partial charge is 0.317 e. The summed E-state index contributed by atoms with van der Waals surface area (Å²) in [5.74, 6) is 3.58. The van der Waals surface area contributed by atoms with E-state index in [1.807, 2.05) is 0 Å². The summed E-state index contributed by atoms with van der Waals surface area (Å²) < 4.78 is 0. The van der Waals surface area contributed by atoms with Gasteiger partial charge in [0, 0.05) is 6.04 Å². The predicted molar refractivity (Wildman–Crippen MR) is 86.0 cm³/mol. The van der Waals surface area contributed by atoms with Crippen molar-refractivity contribution in [3.8, 4) is 0 Å². The molecule has 0 amide bonds. The van der Waals surface area contributed by atoms with Gasteiger partial charge in [0.25, 0.3) is 0 Å². The first kappa shape index (κ1) is 17.3. The molecule has 1 saturated heterocycles. The second kappa shape index (κ2) is 8.49. The molecule has 3 unspecified atom stereocenters. The zero-order valence-corrected chi connectivity index (χ0v) is 13.8. The van der Waals surface area contributed by atoms with Crippen LogP contribution in [-0.4, -0.2) is 25.7 Å². The van der Waals surface area contributed by atoms with Crippen LogP contribution in [0.4, 0.5) is 0 Å². The fourth-order valence-electron chi connectivity index (χ4n) is 3.84. The molecule has 114 valence electrons. The third kappa shape index (κ3) is 5.24. The molecular formula is C16H33ClN2. The second-order valence-electron chi connectivity index (χ2n) is 7.03. The molecule has 0 bridgehead atoms. The van der Waals surface area contributed by atoms with Crippen molar-refractivity contribution < 1.29 is 0 Å². The van der Waals surface area contributed by atoms with Gasteiger partial charge in [-0.1, -0.05) is 27.2 Å². The quantitative estimate of drug-likeness (QED) is 0.828. The maximum Gasteiger partial charge on any atom is 0.0100 e. The summed E-state index contributed by atoms with van der Waals surface area (Å²) in [5.41, 5.74) is 0. The molecule has 2 aliphatic rings. The van der Waals surface area contributed by atoms with Gasteiger partial charge in [0.2, 0.25) is 0 Å². The summed E-state index contributed by atoms with van der Waals surface area (Å²) in [6.07, 6.45) is 6.99. The maximum atomic E-state index is 3.93. The van der Waals surface area contributed by atoms with E-state index in [9.17, 15) is 0 Å². The highest BCUT2D eigenvalue weighted by Crippen LogP contribution is 2.33. The van der Waals surface area contributed by atoms with Gasteiger partial charge in [-0.05, 0) is 69.0 Å². The molecule has 1 saturated carbocycles. The second-order valence-corrected chi connectivity index (χ2v) is 7.03. The number of halogens is 1. The van der Waals surface area contributed by atoms with Crippen LogP contribution in [0, 0.1) is 23.7 Å². The van der Waals surface area contributed by atoms with Gasteiger partial charge in [-0.3, -0.25) is 0 Å². The summed E-state index contributed by atoms with van der Waals surface area (Å²) in [5, 5.41) is 7.38. The van der Waals surface area contributed by atoms with Crippen LogP contribution in [0.3, 0.4) is 0 Å². The SMILES string of the molecule is CC1CCC(C(C)C)C(NCC2CCNCC2)C1.Cl. The summed E-state index contributed by atoms with van der Waals surface area (Å²) in [7, 11) is 0. The van der Waals surface area contributed by atoms with Crippen LogP contribution in [0.2, 0.25) is 0 Å². The van der Waals surface area contributed by atoms with E-state index in [0.29, 0.717) is 0 Å². The third-order valence-corrected chi connectivity index (χ3v) is 5.15. The topological polar surface area (TPSA) is 24.1 Å². The van der Waals surface area contributed by atoms with E-state index in [4.69, 9.17) is 0 Å². The Balaban J connectivity index is 0.00000180. The first-order valence-electron chi connectivity index (χ1n) is 8.11. The summed E-state index contributed by atoms with van der Waals surface area (Å²) in [4.78, 5) is 0. The van der Waals surface area contributed by atoms with Gasteiger partial charge in [-0.25, -0.2) is 0 Å². The Morgan fingerprint density at radius 2 is 1.79 bits per heavy atom. The molecule has 3 heteroatoms. The van der Waals surface area contributed by atoms with E-state index in [1.165, 1.54) is 51.7 Å². The molecule has 1 heterocycles. The Hall–Kier alpha value is 0.210. The maximum absolute atomic E-state index is 3.93. The van der Waals surface area contributed by atoms with Crippen LogP contribution in [0.15, 0.2) is 0 Å². The minimum absolute atomic E-state index is 0. The first-order chi connectivity index (χ1) is 8.66. The molecular weight excluding hydrogens is 256 g/mol. The highest BCUT2D eigenvalue weighted by atomic mass is 35.5. The molecule has 2 rings (SSSR count). The predicted octanol–water partition coefficient (Wildman–Crippen LogP) is 3.46. The lowest BCUT2D eigenvalue weighted by molar-refractivity contribution is 0.162. The van der Waals surface area contributed by atoms with E-state index < -0.39 is 0 Å². The van der Waals surface area contributed by atoms with E-state index in [2.05, 4.69) is 31.4 Å². The van der Waals surface area contributed by atoms with Gasteiger partial charge in [-0.2, -0.15) is 0 Å². The molecule has 0 aromatic carbocycles. The molecule has 1 aliphatic carbocycles. The van der Waals surface area contributed by atoms with Crippen LogP contribution in [0.1, 0.15) is 52.9 Å². The molecule has 3 atom stereocenters. The smallest absolute Gasteiger partial charge is 0.0100 e. The number of piperidine rings is 1. The fourth-order valence-corrected chi connectivity index (χ4v) is 3.84. The lowest BCUT2D eigenvalue weighted by atomic mass is 9.74. The van der Waals surface area contributed by atoms with Crippen LogP contribution >= 0.6 is 12.4 Å². The van der Waals surface area contributed by atoms with Crippen molar-refractivity contribution in [3.63, 3.8) is 0 Å². The average Bonchev–Trinajstić information content (AvgIpc) is 2.37. The standard InChI is InChI=1S/C16H32N2.ClH/c1-12(2)15-5-4-13(3)10-16(15)18-11-14-6-8-17-9-7-14;/h12-18H,4-11H2,1-3H3;1H. The molecule has 2 fully saturated rings. The molecule has 1 aliphatic heterocycles. The van der Waals surface area contributed by atoms with Gasteiger partial charge >= 0.3 is 0 Å². The highest BCUT2D eigenvalue weighted by Gasteiger charge is 2.30. The minimum atomic E-state index is 0. The number of hydrogen-bond acceptors (Lipinski definition) is 2. The Morgan fingerprint density at radius 3 is 2.42 bits per heavy atom. The zero-order valence-electron chi connectivity index (χ0n) is 13.0. The normalized spacial score (nSPS) is 33.2. The lowest BCUT2D eigenvalue weighted by Crippen LogP contribution is -2.45. The molecule has 0 aromatic heterocycles. The molecule has 0 spiro atoms. The van der Waals surface area contributed by atoms with Crippen molar-refractivity contribution in [2.24, 2.45) is 23.7 Å². The Labute approximate surface area is 125 Å². The van der Waals surface area contributed by atoms with Crippen molar-refractivity contribution >= 4 is 12.4 Å². The first-order valence-corrected chi connectivity index (χ1v) is 8.11. The van der Waals surface area contributed by atoms with E-state index in [-0.39, 0.29) is 12.4 Å². The van der Waals surface area contributed by atoms with E-state index in [1.54, 1.807) is 0 Å². The van der Waals surface area contributed by atoms with Crippen molar-refractivity contribution in [1.29, 1.82) is 0 Å². The van der Waals surface area contributed by atoms with Gasteiger partial charge in [0.1, 0.15) is 0 Å². The Morgan fingerprint density at radius 1 is 1.11 bits per heavy atom. The van der Waals surface area contributed by atoms with E-state index in [0.717, 1.165) is 29.7 Å². The van der Waals surface area contributed by atoms with Crippen LogP contribution in [0.25, 0.3) is 0 Å². The highest BCUT2D eigenvalue weighted by molar-refractivity contribution is 5.85. The molecule has 19 heavy (non-hydrogen) atoms. The van der Waals surface area contributed by atoms with Crippen molar-refractivity contribution in [2.45, 2.75) is 58.9 Å². The minimum Gasteiger partial charge on any atom is -0.317 e. The monoisotopic (exact) mass is 288 g/mol. The van der Waals surface area contributed by atoms with Crippen molar-refractivity contribution in [1.82, 2.24) is 10.6 Å². The van der Waals surface area contributed by atoms with Crippen molar-refractivity contribution in [3.05, 3.63) is 0 Å². The van der Waals surface area contributed by atoms with Gasteiger partial charge in [-0.15, -0.1) is 12.4 Å². The average molecular weight is 289 g/mol. The zero-order chi connectivity index (χ0) is 13.0. The third-order valence-electron chi connectivity index (χ3n) is 5.15. The van der Waals surface area contributed by atoms with Gasteiger partial charge < -0.3 is 10.6 Å². The van der Waals surface area contributed by atoms with E-state index >= 15 is 0 Å². The van der Waals surface area contributed by atoms with Crippen LogP contribution in [-0.2, 0) is 0 Å². The number of hydrogen-bond donors (Lipinski definition) is 2. The van der Waals surface area contributed by atoms with Crippen LogP contribution < -0.4 is 10.6 Å². The Bertz CT molecular complexity index is 239. The summed E-state index contributed by atoms with van der Waals surface area (Å²) in [6.45, 7) is 10.9. The number of nitrogens with one attached hydrogen (secondary N) is 2. The summed E-state index contributed by atoms with van der Waals surface area (Å²) in [6, 6.07) is 0.781. The Kier molecular flexibility index (Phi) is 7.71. The van der Waals surface area contributed by atoms with Crippen LogP contribution in [0.5, 0.6) is 0 Å².